The molecular formula is C21H28FN3O6S. The minimum atomic E-state index is -0.703. The summed E-state index contributed by atoms with van der Waals surface area (Å²) in [6.07, 6.45) is 2.73. The van der Waals surface area contributed by atoms with Crippen LogP contribution in [0.1, 0.15) is 25.7 Å². The van der Waals surface area contributed by atoms with Gasteiger partial charge < -0.3 is 28.4 Å². The lowest BCUT2D eigenvalue weighted by Gasteiger charge is -2.38. The van der Waals surface area contributed by atoms with Crippen molar-refractivity contribution in [1.29, 1.82) is 0 Å². The molecule has 1 aromatic carbocycles. The summed E-state index contributed by atoms with van der Waals surface area (Å²) in [6.45, 7) is 6.37. The van der Waals surface area contributed by atoms with Gasteiger partial charge in [0.25, 0.3) is 0 Å². The summed E-state index contributed by atoms with van der Waals surface area (Å²) < 4.78 is 43.2. The Labute approximate surface area is 190 Å². The Morgan fingerprint density at radius 1 is 1.12 bits per heavy atom. The van der Waals surface area contributed by atoms with Crippen molar-refractivity contribution < 1.29 is 32.7 Å². The zero-order chi connectivity index (χ0) is 22.8. The van der Waals surface area contributed by atoms with Crippen molar-refractivity contribution in [2.24, 2.45) is 0 Å². The molecule has 0 saturated carbocycles. The van der Waals surface area contributed by atoms with E-state index < -0.39 is 18.2 Å². The van der Waals surface area contributed by atoms with Crippen LogP contribution in [0.25, 0.3) is 11.0 Å². The highest BCUT2D eigenvalue weighted by Crippen LogP contribution is 2.42. The number of benzene rings is 1. The third kappa shape index (κ3) is 4.39. The van der Waals surface area contributed by atoms with Gasteiger partial charge in [-0.25, -0.2) is 9.18 Å². The molecule has 32 heavy (non-hydrogen) atoms. The number of hydrogen-bond donors (Lipinski definition) is 0. The number of carbonyl (C=O) groups is 1. The third-order valence-corrected chi connectivity index (χ3v) is 5.32. The predicted molar refractivity (Wildman–Crippen MR) is 119 cm³/mol. The number of morpholine rings is 1. The Hall–Kier alpha value is -2.08. The fourth-order valence-corrected chi connectivity index (χ4v) is 4.22. The van der Waals surface area contributed by atoms with Crippen LogP contribution in [-0.2, 0) is 18.9 Å². The molecule has 11 heteroatoms. The van der Waals surface area contributed by atoms with Gasteiger partial charge in [-0.15, -0.1) is 0 Å². The summed E-state index contributed by atoms with van der Waals surface area (Å²) in [5, 5.41) is 4.34. The molecule has 0 N–H and O–H groups in total. The topological polar surface area (TPSA) is 86.5 Å². The van der Waals surface area contributed by atoms with Crippen LogP contribution in [0.4, 0.5) is 20.7 Å². The highest BCUT2D eigenvalue weighted by molar-refractivity contribution is 7.97. The minimum absolute atomic E-state index is 0.0109. The quantitative estimate of drug-likeness (QED) is 0.670. The summed E-state index contributed by atoms with van der Waals surface area (Å²) in [5.41, 5.74) is 0.896. The molecule has 4 heterocycles. The number of ether oxygens (including phenoxy) is 4. The minimum Gasteiger partial charge on any atom is -0.447 e. The summed E-state index contributed by atoms with van der Waals surface area (Å²) >= 11 is 1.75. The number of rotatable bonds is 3. The number of carbonyl (C=O) groups excluding carboxylic acids is 1. The van der Waals surface area contributed by atoms with E-state index in [0.717, 1.165) is 0 Å². The van der Waals surface area contributed by atoms with Gasteiger partial charge in [0, 0.05) is 18.7 Å². The predicted octanol–water partition coefficient (Wildman–Crippen LogP) is 3.56. The maximum Gasteiger partial charge on any atom is 0.415 e. The number of thioether (sulfide) groups is 1. The van der Waals surface area contributed by atoms with Crippen molar-refractivity contribution in [3.05, 3.63) is 17.4 Å². The number of aromatic nitrogens is 1. The molecule has 3 aliphatic rings. The molecule has 5 rings (SSSR count). The first-order valence-corrected chi connectivity index (χ1v) is 12.2. The van der Waals surface area contributed by atoms with Crippen molar-refractivity contribution in [1.82, 2.24) is 5.16 Å². The van der Waals surface area contributed by atoms with Crippen LogP contribution in [0.2, 0.25) is 0 Å². The number of halogens is 1. The van der Waals surface area contributed by atoms with E-state index in [4.69, 9.17) is 23.5 Å². The highest BCUT2D eigenvalue weighted by Gasteiger charge is 2.35. The van der Waals surface area contributed by atoms with Crippen LogP contribution in [0.15, 0.2) is 10.6 Å². The fourth-order valence-electron chi connectivity index (χ4n) is 4.22. The lowest BCUT2D eigenvalue weighted by molar-refractivity contribution is -0.0445. The first kappa shape index (κ1) is 23.1. The van der Waals surface area contributed by atoms with Gasteiger partial charge in [0.1, 0.15) is 6.61 Å². The smallest absolute Gasteiger partial charge is 0.415 e. The summed E-state index contributed by atoms with van der Waals surface area (Å²) in [5.74, 6) is -0.319. The average Bonchev–Trinajstić information content (AvgIpc) is 3.48. The number of hydrogen-bond acceptors (Lipinski definition) is 9. The molecule has 3 saturated heterocycles. The summed E-state index contributed by atoms with van der Waals surface area (Å²) in [7, 11) is 0. The molecule has 1 amide bonds. The van der Waals surface area contributed by atoms with Gasteiger partial charge in [0.05, 0.1) is 43.0 Å². The van der Waals surface area contributed by atoms with Gasteiger partial charge in [-0.1, -0.05) is 5.16 Å². The lowest BCUT2D eigenvalue weighted by Crippen LogP contribution is -2.46. The Bertz CT molecular complexity index is 957. The highest BCUT2D eigenvalue weighted by atomic mass is 32.2. The Balaban J connectivity index is 0.000000775. The van der Waals surface area contributed by atoms with E-state index >= 15 is 4.39 Å². The Morgan fingerprint density at radius 2 is 1.78 bits per heavy atom. The summed E-state index contributed by atoms with van der Waals surface area (Å²) in [4.78, 5) is 15.3. The van der Waals surface area contributed by atoms with Crippen LogP contribution < -0.4 is 9.80 Å². The molecule has 176 valence electrons. The van der Waals surface area contributed by atoms with Crippen LogP contribution in [0.3, 0.4) is 0 Å². The second kappa shape index (κ2) is 9.82. The second-order valence-corrected chi connectivity index (χ2v) is 8.74. The van der Waals surface area contributed by atoms with E-state index in [9.17, 15) is 4.79 Å². The molecule has 2 atom stereocenters. The monoisotopic (exact) mass is 469 g/mol. The van der Waals surface area contributed by atoms with E-state index in [1.54, 1.807) is 17.8 Å². The van der Waals surface area contributed by atoms with Crippen molar-refractivity contribution in [2.75, 3.05) is 61.8 Å². The van der Waals surface area contributed by atoms with Gasteiger partial charge in [-0.3, -0.25) is 4.90 Å². The van der Waals surface area contributed by atoms with Crippen LogP contribution in [0.5, 0.6) is 0 Å². The molecule has 2 aromatic rings. The molecule has 0 bridgehead atoms. The third-order valence-electron chi connectivity index (χ3n) is 5.32. The van der Waals surface area contributed by atoms with Crippen molar-refractivity contribution in [2.45, 2.75) is 32.3 Å². The van der Waals surface area contributed by atoms with E-state index in [1.165, 1.54) is 4.90 Å². The largest absolute Gasteiger partial charge is 0.447 e. The standard InChI is InChI=1S/C19H22FN3O6.C2H6S/c1-10-8-22(9-11(2)28-10)15-12(18-25-5-6-26-18)7-13-16(14(15)20)29-21-17(13)23-3-4-27-19(23)24;1-3-2/h7,10-11,18H,3-6,8-9H2,1-2H3;1-2H3/t10-,11-;/m1./s1. The molecule has 3 aliphatic heterocycles. The van der Waals surface area contributed by atoms with Gasteiger partial charge >= 0.3 is 6.09 Å². The molecule has 9 nitrogen and oxygen atoms in total. The first-order valence-electron chi connectivity index (χ1n) is 10.5. The SMILES string of the molecule is CSC.C[C@@H]1CN(c2c(C3OCCO3)cc3c(N4CCOC4=O)noc3c2F)C[C@@H](C)O1. The van der Waals surface area contributed by atoms with E-state index in [-0.39, 0.29) is 30.2 Å². The van der Waals surface area contributed by atoms with Gasteiger partial charge in [-0.2, -0.15) is 11.8 Å². The Morgan fingerprint density at radius 3 is 2.38 bits per heavy atom. The van der Waals surface area contributed by atoms with Gasteiger partial charge in [0.2, 0.25) is 5.58 Å². The first-order chi connectivity index (χ1) is 15.4. The molecule has 3 fully saturated rings. The maximum atomic E-state index is 15.8. The molecule has 0 radical (unpaired) electrons. The van der Waals surface area contributed by atoms with Crippen molar-refractivity contribution in [3.63, 3.8) is 0 Å². The van der Waals surface area contributed by atoms with Crippen molar-refractivity contribution >= 4 is 40.3 Å². The van der Waals surface area contributed by atoms with Gasteiger partial charge in [-0.05, 0) is 32.4 Å². The zero-order valence-electron chi connectivity index (χ0n) is 18.6. The maximum absolute atomic E-state index is 15.8. The van der Waals surface area contributed by atoms with E-state index in [0.29, 0.717) is 49.5 Å². The molecule has 0 unspecified atom stereocenters. The average molecular weight is 470 g/mol. The number of nitrogens with zero attached hydrogens (tertiary/aromatic N) is 3. The molecule has 0 aliphatic carbocycles. The van der Waals surface area contributed by atoms with Crippen LogP contribution >= 0.6 is 11.8 Å². The number of fused-ring (bicyclic) bond motifs is 1. The normalized spacial score (nSPS) is 24.1. The second-order valence-electron chi connectivity index (χ2n) is 7.92. The van der Waals surface area contributed by atoms with Crippen molar-refractivity contribution in [3.8, 4) is 0 Å². The lowest BCUT2D eigenvalue weighted by atomic mass is 10.1. The van der Waals surface area contributed by atoms with Crippen LogP contribution in [0, 0.1) is 5.82 Å². The summed E-state index contributed by atoms with van der Waals surface area (Å²) in [6, 6.07) is 1.74. The molecule has 0 spiro atoms. The number of amides is 1. The van der Waals surface area contributed by atoms with E-state index in [2.05, 4.69) is 5.16 Å². The molecule has 1 aromatic heterocycles. The van der Waals surface area contributed by atoms with E-state index in [1.807, 2.05) is 31.3 Å². The fraction of sp³-hybridized carbons (Fsp3) is 0.619. The number of cyclic esters (lactones) is 1. The van der Waals surface area contributed by atoms with Gasteiger partial charge in [0.15, 0.2) is 17.9 Å². The zero-order valence-corrected chi connectivity index (χ0v) is 19.4. The van der Waals surface area contributed by atoms with Crippen LogP contribution in [-0.4, -0.2) is 75.4 Å². The number of anilines is 2. The Kier molecular flexibility index (Phi) is 7.08. The molecular weight excluding hydrogens is 441 g/mol.